The highest BCUT2D eigenvalue weighted by molar-refractivity contribution is 6.32. The SMILES string of the molecule is COc1ccc(-c2oc3cc(C)c(Cl)cc3c(=O)c2OC)cc1. The second kappa shape index (κ2) is 5.97. The number of aryl methyl sites for hydroxylation is 1. The molecule has 0 unspecified atom stereocenters. The Morgan fingerprint density at radius 3 is 2.35 bits per heavy atom. The normalized spacial score (nSPS) is 10.8. The van der Waals surface area contributed by atoms with E-state index in [4.69, 9.17) is 25.5 Å². The maximum atomic E-state index is 12.7. The molecule has 0 atom stereocenters. The van der Waals surface area contributed by atoms with Crippen LogP contribution >= 0.6 is 11.6 Å². The molecule has 0 aliphatic rings. The average Bonchev–Trinajstić information content (AvgIpc) is 2.57. The van der Waals surface area contributed by atoms with Crippen molar-refractivity contribution in [1.29, 1.82) is 0 Å². The molecule has 0 saturated heterocycles. The van der Waals surface area contributed by atoms with Gasteiger partial charge in [0.15, 0.2) is 5.76 Å². The Morgan fingerprint density at radius 2 is 1.74 bits per heavy atom. The Bertz CT molecular complexity index is 926. The van der Waals surface area contributed by atoms with Crippen molar-refractivity contribution in [3.05, 3.63) is 57.2 Å². The highest BCUT2D eigenvalue weighted by atomic mass is 35.5. The summed E-state index contributed by atoms with van der Waals surface area (Å²) in [5.74, 6) is 1.26. The highest BCUT2D eigenvalue weighted by Gasteiger charge is 2.17. The lowest BCUT2D eigenvalue weighted by molar-refractivity contribution is 0.398. The predicted molar refractivity (Wildman–Crippen MR) is 90.8 cm³/mol. The van der Waals surface area contributed by atoms with Crippen LogP contribution in [0.3, 0.4) is 0 Å². The maximum absolute atomic E-state index is 12.7. The third-order valence-corrected chi connectivity index (χ3v) is 4.09. The minimum atomic E-state index is -0.249. The molecule has 118 valence electrons. The largest absolute Gasteiger partial charge is 0.497 e. The van der Waals surface area contributed by atoms with Crippen LogP contribution in [0, 0.1) is 6.92 Å². The lowest BCUT2D eigenvalue weighted by Crippen LogP contribution is -2.07. The lowest BCUT2D eigenvalue weighted by atomic mass is 10.1. The zero-order valence-electron chi connectivity index (χ0n) is 13.0. The van der Waals surface area contributed by atoms with Crippen LogP contribution in [-0.2, 0) is 0 Å². The third-order valence-electron chi connectivity index (χ3n) is 3.69. The Morgan fingerprint density at radius 1 is 1.04 bits per heavy atom. The first-order valence-electron chi connectivity index (χ1n) is 7.00. The quantitative estimate of drug-likeness (QED) is 0.712. The molecule has 2 aromatic carbocycles. The fourth-order valence-electron chi connectivity index (χ4n) is 2.42. The zero-order chi connectivity index (χ0) is 16.6. The molecular weight excluding hydrogens is 316 g/mol. The van der Waals surface area contributed by atoms with Gasteiger partial charge in [0, 0.05) is 10.6 Å². The van der Waals surface area contributed by atoms with Gasteiger partial charge in [-0.1, -0.05) is 11.6 Å². The average molecular weight is 331 g/mol. The van der Waals surface area contributed by atoms with E-state index in [9.17, 15) is 4.79 Å². The van der Waals surface area contributed by atoms with Crippen LogP contribution in [0.1, 0.15) is 5.56 Å². The third kappa shape index (κ3) is 2.66. The van der Waals surface area contributed by atoms with Gasteiger partial charge in [-0.15, -0.1) is 0 Å². The summed E-state index contributed by atoms with van der Waals surface area (Å²) in [6.07, 6.45) is 0. The first kappa shape index (κ1) is 15.4. The van der Waals surface area contributed by atoms with E-state index in [0.717, 1.165) is 16.9 Å². The zero-order valence-corrected chi connectivity index (χ0v) is 13.7. The van der Waals surface area contributed by atoms with Crippen LogP contribution in [0.25, 0.3) is 22.3 Å². The van der Waals surface area contributed by atoms with E-state index in [1.54, 1.807) is 31.4 Å². The molecule has 0 bridgehead atoms. The second-order valence-electron chi connectivity index (χ2n) is 5.12. The Labute approximate surface area is 138 Å². The minimum Gasteiger partial charge on any atom is -0.497 e. The molecule has 0 radical (unpaired) electrons. The summed E-state index contributed by atoms with van der Waals surface area (Å²) in [7, 11) is 3.04. The number of hydrogen-bond donors (Lipinski definition) is 0. The molecule has 3 rings (SSSR count). The van der Waals surface area contributed by atoms with Gasteiger partial charge in [-0.2, -0.15) is 0 Å². The van der Waals surface area contributed by atoms with Crippen molar-refractivity contribution in [2.24, 2.45) is 0 Å². The monoisotopic (exact) mass is 330 g/mol. The summed E-state index contributed by atoms with van der Waals surface area (Å²) < 4.78 is 16.4. The summed E-state index contributed by atoms with van der Waals surface area (Å²) in [6.45, 7) is 1.86. The molecule has 3 aromatic rings. The Kier molecular flexibility index (Phi) is 4.01. The Hall–Kier alpha value is -2.46. The van der Waals surface area contributed by atoms with E-state index in [1.165, 1.54) is 7.11 Å². The summed E-state index contributed by atoms with van der Waals surface area (Å²) in [5.41, 5.74) is 1.80. The number of methoxy groups -OCH3 is 2. The van der Waals surface area contributed by atoms with Crippen molar-refractivity contribution in [1.82, 2.24) is 0 Å². The van der Waals surface area contributed by atoms with Gasteiger partial charge in [0.25, 0.3) is 0 Å². The van der Waals surface area contributed by atoms with E-state index >= 15 is 0 Å². The molecule has 1 aromatic heterocycles. The van der Waals surface area contributed by atoms with Crippen LogP contribution in [0.2, 0.25) is 5.02 Å². The first-order valence-corrected chi connectivity index (χ1v) is 7.38. The number of hydrogen-bond acceptors (Lipinski definition) is 4. The maximum Gasteiger partial charge on any atom is 0.235 e. The van der Waals surface area contributed by atoms with Crippen molar-refractivity contribution < 1.29 is 13.9 Å². The van der Waals surface area contributed by atoms with Crippen LogP contribution < -0.4 is 14.9 Å². The van der Waals surface area contributed by atoms with Crippen molar-refractivity contribution in [2.45, 2.75) is 6.92 Å². The summed E-state index contributed by atoms with van der Waals surface area (Å²) in [5, 5.41) is 0.916. The minimum absolute atomic E-state index is 0.155. The number of benzene rings is 2. The molecule has 1 heterocycles. The molecular formula is C18H15ClO4. The van der Waals surface area contributed by atoms with Crippen molar-refractivity contribution in [3.8, 4) is 22.8 Å². The van der Waals surface area contributed by atoms with E-state index in [2.05, 4.69) is 0 Å². The van der Waals surface area contributed by atoms with Crippen LogP contribution in [-0.4, -0.2) is 14.2 Å². The lowest BCUT2D eigenvalue weighted by Gasteiger charge is -2.10. The summed E-state index contributed by atoms with van der Waals surface area (Å²) >= 11 is 6.11. The summed E-state index contributed by atoms with van der Waals surface area (Å²) in [4.78, 5) is 12.7. The van der Waals surface area contributed by atoms with Gasteiger partial charge in [-0.05, 0) is 48.9 Å². The number of ether oxygens (including phenoxy) is 2. The summed E-state index contributed by atoms with van der Waals surface area (Å²) in [6, 6.07) is 10.6. The smallest absolute Gasteiger partial charge is 0.235 e. The van der Waals surface area contributed by atoms with Gasteiger partial charge < -0.3 is 13.9 Å². The van der Waals surface area contributed by atoms with Gasteiger partial charge >= 0.3 is 0 Å². The number of halogens is 1. The highest BCUT2D eigenvalue weighted by Crippen LogP contribution is 2.33. The van der Waals surface area contributed by atoms with Crippen molar-refractivity contribution >= 4 is 22.6 Å². The molecule has 23 heavy (non-hydrogen) atoms. The van der Waals surface area contributed by atoms with Crippen LogP contribution in [0.15, 0.2) is 45.6 Å². The number of rotatable bonds is 3. The molecule has 0 N–H and O–H groups in total. The molecule has 0 aliphatic carbocycles. The van der Waals surface area contributed by atoms with Gasteiger partial charge in [-0.3, -0.25) is 4.79 Å². The fraction of sp³-hybridized carbons (Fsp3) is 0.167. The van der Waals surface area contributed by atoms with Gasteiger partial charge in [-0.25, -0.2) is 0 Å². The predicted octanol–water partition coefficient (Wildman–Crippen LogP) is 4.44. The molecule has 4 nitrogen and oxygen atoms in total. The standard InChI is InChI=1S/C18H15ClO4/c1-10-8-15-13(9-14(10)19)16(20)18(22-3)17(23-15)11-4-6-12(21-2)7-5-11/h4-9H,1-3H3. The van der Waals surface area contributed by atoms with Crippen molar-refractivity contribution in [3.63, 3.8) is 0 Å². The molecule has 0 spiro atoms. The van der Waals surface area contributed by atoms with E-state index in [0.29, 0.717) is 21.8 Å². The van der Waals surface area contributed by atoms with Crippen molar-refractivity contribution in [2.75, 3.05) is 14.2 Å². The fourth-order valence-corrected chi connectivity index (χ4v) is 2.58. The molecule has 0 saturated carbocycles. The van der Waals surface area contributed by atoms with Gasteiger partial charge in [0.05, 0.1) is 19.6 Å². The first-order chi connectivity index (χ1) is 11.0. The number of fused-ring (bicyclic) bond motifs is 1. The van der Waals surface area contributed by atoms with Crippen LogP contribution in [0.5, 0.6) is 11.5 Å². The topological polar surface area (TPSA) is 48.7 Å². The molecule has 0 amide bonds. The molecule has 0 fully saturated rings. The van der Waals surface area contributed by atoms with Crippen LogP contribution in [0.4, 0.5) is 0 Å². The van der Waals surface area contributed by atoms with Gasteiger partial charge in [0.1, 0.15) is 11.3 Å². The van der Waals surface area contributed by atoms with E-state index in [1.807, 2.05) is 19.1 Å². The van der Waals surface area contributed by atoms with E-state index < -0.39 is 0 Å². The second-order valence-corrected chi connectivity index (χ2v) is 5.53. The molecule has 5 heteroatoms. The Balaban J connectivity index is 2.30. The van der Waals surface area contributed by atoms with E-state index in [-0.39, 0.29) is 11.2 Å². The van der Waals surface area contributed by atoms with Gasteiger partial charge in [0.2, 0.25) is 11.2 Å². The molecule has 0 aliphatic heterocycles.